The number of aliphatic hydroxyl groups is 1. The van der Waals surface area contributed by atoms with Crippen LogP contribution >= 0.6 is 0 Å². The van der Waals surface area contributed by atoms with Crippen molar-refractivity contribution in [1.29, 1.82) is 0 Å². The van der Waals surface area contributed by atoms with Crippen LogP contribution in [0.1, 0.15) is 31.7 Å². The Hall–Kier alpha value is -0.870. The molecule has 3 nitrogen and oxygen atoms in total. The summed E-state index contributed by atoms with van der Waals surface area (Å²) < 4.78 is 23.9. The molecule has 2 unspecified atom stereocenters. The molecule has 1 aromatic rings. The standard InChI is InChI=1S/C13H18O3S/c1-9(2)13(14)11-7-8-17(15,16)12-6-4-3-5-10(11)12/h3-6,9,11,13-14H,7-8H2,1-2H3. The van der Waals surface area contributed by atoms with Crippen molar-refractivity contribution >= 4 is 9.84 Å². The number of aliphatic hydroxyl groups excluding tert-OH is 1. The van der Waals surface area contributed by atoms with Gasteiger partial charge >= 0.3 is 0 Å². The molecule has 0 bridgehead atoms. The van der Waals surface area contributed by atoms with E-state index in [2.05, 4.69) is 0 Å². The van der Waals surface area contributed by atoms with Crippen LogP contribution in [0.15, 0.2) is 29.2 Å². The molecule has 0 aliphatic carbocycles. The van der Waals surface area contributed by atoms with Gasteiger partial charge in [-0.15, -0.1) is 0 Å². The van der Waals surface area contributed by atoms with Gasteiger partial charge in [0, 0.05) is 5.92 Å². The van der Waals surface area contributed by atoms with Crippen LogP contribution in [0.5, 0.6) is 0 Å². The fourth-order valence-corrected chi connectivity index (χ4v) is 4.09. The van der Waals surface area contributed by atoms with Crippen molar-refractivity contribution in [3.63, 3.8) is 0 Å². The normalized spacial score (nSPS) is 24.4. The minimum Gasteiger partial charge on any atom is -0.392 e. The second-order valence-corrected chi connectivity index (χ2v) is 7.06. The molecule has 0 fully saturated rings. The van der Waals surface area contributed by atoms with Gasteiger partial charge in [-0.1, -0.05) is 32.0 Å². The van der Waals surface area contributed by atoms with Crippen LogP contribution in [0, 0.1) is 5.92 Å². The largest absolute Gasteiger partial charge is 0.392 e. The molecule has 0 aromatic heterocycles. The molecule has 1 aromatic carbocycles. The van der Waals surface area contributed by atoms with Crippen molar-refractivity contribution in [1.82, 2.24) is 0 Å². The quantitative estimate of drug-likeness (QED) is 0.877. The smallest absolute Gasteiger partial charge is 0.178 e. The van der Waals surface area contributed by atoms with E-state index in [1.54, 1.807) is 12.1 Å². The van der Waals surface area contributed by atoms with E-state index in [0.29, 0.717) is 11.3 Å². The Morgan fingerprint density at radius 3 is 2.59 bits per heavy atom. The van der Waals surface area contributed by atoms with Gasteiger partial charge in [0.25, 0.3) is 0 Å². The third kappa shape index (κ3) is 2.24. The highest BCUT2D eigenvalue weighted by Gasteiger charge is 2.34. The van der Waals surface area contributed by atoms with Gasteiger partial charge in [0.15, 0.2) is 9.84 Å². The molecule has 94 valence electrons. The van der Waals surface area contributed by atoms with E-state index in [0.717, 1.165) is 5.56 Å². The zero-order chi connectivity index (χ0) is 12.6. The molecule has 2 atom stereocenters. The highest BCUT2D eigenvalue weighted by Crippen LogP contribution is 2.37. The van der Waals surface area contributed by atoms with Gasteiger partial charge in [-0.25, -0.2) is 8.42 Å². The summed E-state index contributed by atoms with van der Waals surface area (Å²) in [5.74, 6) is 0.210. The first kappa shape index (κ1) is 12.6. The van der Waals surface area contributed by atoms with E-state index in [4.69, 9.17) is 0 Å². The molecule has 0 saturated carbocycles. The summed E-state index contributed by atoms with van der Waals surface area (Å²) in [7, 11) is -3.15. The molecule has 0 radical (unpaired) electrons. The van der Waals surface area contributed by atoms with Crippen LogP contribution in [0.25, 0.3) is 0 Å². The van der Waals surface area contributed by atoms with Gasteiger partial charge in [-0.05, 0) is 24.0 Å². The Labute approximate surface area is 102 Å². The van der Waals surface area contributed by atoms with Crippen molar-refractivity contribution < 1.29 is 13.5 Å². The lowest BCUT2D eigenvalue weighted by Gasteiger charge is -2.31. The SMILES string of the molecule is CC(C)C(O)C1CCS(=O)(=O)c2ccccc21. The first-order valence-electron chi connectivity index (χ1n) is 5.93. The number of hydrogen-bond acceptors (Lipinski definition) is 3. The Kier molecular flexibility index (Phi) is 3.27. The number of hydrogen-bond donors (Lipinski definition) is 1. The van der Waals surface area contributed by atoms with Crippen LogP contribution in [0.3, 0.4) is 0 Å². The predicted molar refractivity (Wildman–Crippen MR) is 66.7 cm³/mol. The third-order valence-corrected chi connectivity index (χ3v) is 5.26. The summed E-state index contributed by atoms with van der Waals surface area (Å²) in [5.41, 5.74) is 0.778. The molecule has 1 heterocycles. The monoisotopic (exact) mass is 254 g/mol. The maximum Gasteiger partial charge on any atom is 0.178 e. The molecule has 4 heteroatoms. The van der Waals surface area contributed by atoms with Crippen molar-refractivity contribution in [2.24, 2.45) is 5.92 Å². The lowest BCUT2D eigenvalue weighted by Crippen LogP contribution is -2.31. The summed E-state index contributed by atoms with van der Waals surface area (Å²) in [6, 6.07) is 7.03. The Balaban J connectivity index is 2.49. The Morgan fingerprint density at radius 1 is 1.29 bits per heavy atom. The average molecular weight is 254 g/mol. The van der Waals surface area contributed by atoms with E-state index in [1.807, 2.05) is 26.0 Å². The molecular weight excluding hydrogens is 236 g/mol. The van der Waals surface area contributed by atoms with Crippen molar-refractivity contribution in [2.45, 2.75) is 37.2 Å². The maximum atomic E-state index is 11.9. The first-order chi connectivity index (χ1) is 7.93. The molecule has 1 aliphatic heterocycles. The number of sulfone groups is 1. The molecule has 0 spiro atoms. The van der Waals surface area contributed by atoms with Crippen LogP contribution in [0.4, 0.5) is 0 Å². The molecule has 2 rings (SSSR count). The Morgan fingerprint density at radius 2 is 1.94 bits per heavy atom. The van der Waals surface area contributed by atoms with E-state index < -0.39 is 15.9 Å². The highest BCUT2D eigenvalue weighted by molar-refractivity contribution is 7.91. The molecule has 0 amide bonds. The van der Waals surface area contributed by atoms with Gasteiger partial charge in [0.2, 0.25) is 0 Å². The second-order valence-electron chi connectivity index (χ2n) is 4.99. The fourth-order valence-electron chi connectivity index (χ4n) is 2.44. The van der Waals surface area contributed by atoms with Crippen molar-refractivity contribution in [3.05, 3.63) is 29.8 Å². The van der Waals surface area contributed by atoms with Gasteiger partial charge in [0.1, 0.15) is 0 Å². The highest BCUT2D eigenvalue weighted by atomic mass is 32.2. The van der Waals surface area contributed by atoms with Gasteiger partial charge < -0.3 is 5.11 Å². The maximum absolute atomic E-state index is 11.9. The number of fused-ring (bicyclic) bond motifs is 1. The number of benzene rings is 1. The zero-order valence-electron chi connectivity index (χ0n) is 10.1. The van der Waals surface area contributed by atoms with Gasteiger partial charge in [-0.3, -0.25) is 0 Å². The van der Waals surface area contributed by atoms with E-state index in [-0.39, 0.29) is 17.6 Å². The van der Waals surface area contributed by atoms with Crippen molar-refractivity contribution in [2.75, 3.05) is 5.75 Å². The molecular formula is C13H18O3S. The molecule has 1 N–H and O–H groups in total. The predicted octanol–water partition coefficient (Wildman–Crippen LogP) is 1.96. The van der Waals surface area contributed by atoms with Crippen LogP contribution in [-0.4, -0.2) is 25.4 Å². The average Bonchev–Trinajstić information content (AvgIpc) is 2.28. The van der Waals surface area contributed by atoms with Crippen LogP contribution in [0.2, 0.25) is 0 Å². The summed E-state index contributed by atoms with van der Waals surface area (Å²) >= 11 is 0. The number of rotatable bonds is 2. The first-order valence-corrected chi connectivity index (χ1v) is 7.58. The topological polar surface area (TPSA) is 54.4 Å². The molecule has 17 heavy (non-hydrogen) atoms. The fraction of sp³-hybridized carbons (Fsp3) is 0.538. The Bertz CT molecular complexity index is 505. The van der Waals surface area contributed by atoms with Crippen molar-refractivity contribution in [3.8, 4) is 0 Å². The van der Waals surface area contributed by atoms with Crippen LogP contribution < -0.4 is 0 Å². The van der Waals surface area contributed by atoms with E-state index in [9.17, 15) is 13.5 Å². The lowest BCUT2D eigenvalue weighted by molar-refractivity contribution is 0.0928. The third-order valence-electron chi connectivity index (χ3n) is 3.45. The summed E-state index contributed by atoms with van der Waals surface area (Å²) in [6.07, 6.45) is 0.0326. The lowest BCUT2D eigenvalue weighted by atomic mass is 9.85. The molecule has 1 aliphatic rings. The minimum atomic E-state index is -3.15. The summed E-state index contributed by atoms with van der Waals surface area (Å²) in [5, 5.41) is 10.2. The molecule has 0 saturated heterocycles. The summed E-state index contributed by atoms with van der Waals surface area (Å²) in [6.45, 7) is 3.91. The zero-order valence-corrected chi connectivity index (χ0v) is 10.9. The second kappa shape index (κ2) is 4.42. The van der Waals surface area contributed by atoms with Crippen LogP contribution in [-0.2, 0) is 9.84 Å². The minimum absolute atomic E-state index is 0.0604. The van der Waals surface area contributed by atoms with E-state index >= 15 is 0 Å². The summed E-state index contributed by atoms with van der Waals surface area (Å²) in [4.78, 5) is 0.399. The van der Waals surface area contributed by atoms with Gasteiger partial charge in [-0.2, -0.15) is 0 Å². The van der Waals surface area contributed by atoms with E-state index in [1.165, 1.54) is 0 Å². The van der Waals surface area contributed by atoms with Gasteiger partial charge in [0.05, 0.1) is 16.8 Å².